The molecule has 1 atom stereocenters. The van der Waals surface area contributed by atoms with E-state index >= 15 is 0 Å². The monoisotopic (exact) mass is 292 g/mol. The van der Waals surface area contributed by atoms with E-state index in [0.29, 0.717) is 4.99 Å². The summed E-state index contributed by atoms with van der Waals surface area (Å²) in [5.41, 5.74) is 7.15. The van der Waals surface area contributed by atoms with Crippen molar-refractivity contribution < 1.29 is 4.74 Å². The SMILES string of the molecule is CCCOc1cccc(C(C(N)=S)N2CCCCC2)c1. The summed E-state index contributed by atoms with van der Waals surface area (Å²) in [5, 5.41) is 0. The second kappa shape index (κ2) is 7.60. The summed E-state index contributed by atoms with van der Waals surface area (Å²) in [4.78, 5) is 2.95. The number of nitrogens with zero attached hydrogens (tertiary/aromatic N) is 1. The van der Waals surface area contributed by atoms with E-state index < -0.39 is 0 Å². The van der Waals surface area contributed by atoms with E-state index in [1.807, 2.05) is 12.1 Å². The molecule has 4 heteroatoms. The van der Waals surface area contributed by atoms with Crippen molar-refractivity contribution in [2.75, 3.05) is 19.7 Å². The molecule has 0 aromatic heterocycles. The molecule has 1 saturated heterocycles. The van der Waals surface area contributed by atoms with Gasteiger partial charge in [-0.3, -0.25) is 4.90 Å². The van der Waals surface area contributed by atoms with Crippen LogP contribution in [0.4, 0.5) is 0 Å². The lowest BCUT2D eigenvalue weighted by Gasteiger charge is -2.34. The van der Waals surface area contributed by atoms with Crippen molar-refractivity contribution in [3.63, 3.8) is 0 Å². The van der Waals surface area contributed by atoms with Crippen LogP contribution in [0.15, 0.2) is 24.3 Å². The molecule has 1 fully saturated rings. The lowest BCUT2D eigenvalue weighted by atomic mass is 10.0. The van der Waals surface area contributed by atoms with Gasteiger partial charge in [-0.2, -0.15) is 0 Å². The van der Waals surface area contributed by atoms with Crippen LogP contribution in [-0.4, -0.2) is 29.6 Å². The highest BCUT2D eigenvalue weighted by Gasteiger charge is 2.24. The number of likely N-dealkylation sites (tertiary alicyclic amines) is 1. The van der Waals surface area contributed by atoms with Gasteiger partial charge in [0.15, 0.2) is 0 Å². The van der Waals surface area contributed by atoms with Crippen LogP contribution in [0.1, 0.15) is 44.2 Å². The van der Waals surface area contributed by atoms with Crippen LogP contribution >= 0.6 is 12.2 Å². The van der Waals surface area contributed by atoms with E-state index in [0.717, 1.165) is 37.4 Å². The second-order valence-corrected chi connectivity index (χ2v) is 5.79. The van der Waals surface area contributed by atoms with Gasteiger partial charge in [0.1, 0.15) is 5.75 Å². The Labute approximate surface area is 127 Å². The summed E-state index contributed by atoms with van der Waals surface area (Å²) >= 11 is 5.31. The fourth-order valence-electron chi connectivity index (χ4n) is 2.73. The first-order chi connectivity index (χ1) is 9.72. The van der Waals surface area contributed by atoms with E-state index in [1.165, 1.54) is 19.3 Å². The number of hydrogen-bond donors (Lipinski definition) is 1. The van der Waals surface area contributed by atoms with Crippen molar-refractivity contribution in [1.29, 1.82) is 0 Å². The number of ether oxygens (including phenoxy) is 1. The summed E-state index contributed by atoms with van der Waals surface area (Å²) in [6.07, 6.45) is 4.77. The predicted molar refractivity (Wildman–Crippen MR) is 87.2 cm³/mol. The topological polar surface area (TPSA) is 38.5 Å². The Morgan fingerprint density at radius 2 is 2.10 bits per heavy atom. The predicted octanol–water partition coefficient (Wildman–Crippen LogP) is 3.29. The van der Waals surface area contributed by atoms with Crippen molar-refractivity contribution in [2.24, 2.45) is 5.73 Å². The van der Waals surface area contributed by atoms with Crippen LogP contribution in [0.25, 0.3) is 0 Å². The van der Waals surface area contributed by atoms with Crippen LogP contribution in [0.3, 0.4) is 0 Å². The second-order valence-electron chi connectivity index (χ2n) is 5.32. The van der Waals surface area contributed by atoms with Crippen LogP contribution < -0.4 is 10.5 Å². The van der Waals surface area contributed by atoms with Crippen molar-refractivity contribution in [1.82, 2.24) is 4.90 Å². The summed E-state index contributed by atoms with van der Waals surface area (Å²) in [5.74, 6) is 0.905. The average Bonchev–Trinajstić information content (AvgIpc) is 2.46. The van der Waals surface area contributed by atoms with E-state index in [2.05, 4.69) is 24.0 Å². The molecule has 2 rings (SSSR count). The van der Waals surface area contributed by atoms with Crippen molar-refractivity contribution >= 4 is 17.2 Å². The molecule has 2 N–H and O–H groups in total. The maximum absolute atomic E-state index is 6.00. The zero-order chi connectivity index (χ0) is 14.4. The van der Waals surface area contributed by atoms with Crippen LogP contribution in [0, 0.1) is 0 Å². The molecule has 1 heterocycles. The molecule has 0 radical (unpaired) electrons. The third kappa shape index (κ3) is 3.93. The summed E-state index contributed by atoms with van der Waals surface area (Å²) in [6, 6.07) is 8.22. The molecule has 3 nitrogen and oxygen atoms in total. The molecule has 20 heavy (non-hydrogen) atoms. The van der Waals surface area contributed by atoms with Gasteiger partial charge in [-0.05, 0) is 50.0 Å². The summed E-state index contributed by atoms with van der Waals surface area (Å²) < 4.78 is 5.71. The zero-order valence-corrected chi connectivity index (χ0v) is 13.0. The van der Waals surface area contributed by atoms with Gasteiger partial charge < -0.3 is 10.5 Å². The average molecular weight is 292 g/mol. The fourth-order valence-corrected chi connectivity index (χ4v) is 3.01. The minimum Gasteiger partial charge on any atom is -0.494 e. The van der Waals surface area contributed by atoms with E-state index in [4.69, 9.17) is 22.7 Å². The molecule has 0 bridgehead atoms. The molecule has 0 saturated carbocycles. The van der Waals surface area contributed by atoms with Crippen molar-refractivity contribution in [3.05, 3.63) is 29.8 Å². The highest BCUT2D eigenvalue weighted by molar-refractivity contribution is 7.80. The molecule has 0 aliphatic carbocycles. The van der Waals surface area contributed by atoms with Crippen molar-refractivity contribution in [3.8, 4) is 5.75 Å². The van der Waals surface area contributed by atoms with Gasteiger partial charge in [0, 0.05) is 0 Å². The smallest absolute Gasteiger partial charge is 0.119 e. The number of piperidine rings is 1. The standard InChI is InChI=1S/C16H24N2OS/c1-2-11-19-14-8-6-7-13(12-14)15(16(17)20)18-9-4-3-5-10-18/h6-8,12,15H,2-5,9-11H2,1H3,(H2,17,20). The normalized spacial score (nSPS) is 17.6. The fraction of sp³-hybridized carbons (Fsp3) is 0.562. The molecule has 0 amide bonds. The van der Waals surface area contributed by atoms with Gasteiger partial charge in [-0.1, -0.05) is 37.7 Å². The van der Waals surface area contributed by atoms with E-state index in [9.17, 15) is 0 Å². The van der Waals surface area contributed by atoms with Gasteiger partial charge in [0.05, 0.1) is 17.6 Å². The highest BCUT2D eigenvalue weighted by atomic mass is 32.1. The lowest BCUT2D eigenvalue weighted by Crippen LogP contribution is -2.40. The summed E-state index contributed by atoms with van der Waals surface area (Å²) in [7, 11) is 0. The molecule has 1 aromatic rings. The number of thiocarbonyl (C=S) groups is 1. The van der Waals surface area contributed by atoms with E-state index in [1.54, 1.807) is 0 Å². The van der Waals surface area contributed by atoms with Gasteiger partial charge in [0.25, 0.3) is 0 Å². The van der Waals surface area contributed by atoms with E-state index in [-0.39, 0.29) is 6.04 Å². The van der Waals surface area contributed by atoms with Crippen molar-refractivity contribution in [2.45, 2.75) is 38.6 Å². The highest BCUT2D eigenvalue weighted by Crippen LogP contribution is 2.27. The molecule has 1 aliphatic heterocycles. The quantitative estimate of drug-likeness (QED) is 0.817. The number of benzene rings is 1. The third-order valence-corrected chi connectivity index (χ3v) is 3.90. The minimum atomic E-state index is 0.0375. The molecule has 1 aromatic carbocycles. The molecular formula is C16H24N2OS. The van der Waals surface area contributed by atoms with Gasteiger partial charge in [0.2, 0.25) is 0 Å². The minimum absolute atomic E-state index is 0.0375. The Balaban J connectivity index is 2.17. The van der Waals surface area contributed by atoms with Gasteiger partial charge in [-0.25, -0.2) is 0 Å². The number of nitrogens with two attached hydrogens (primary N) is 1. The molecule has 0 spiro atoms. The Hall–Kier alpha value is -1.13. The number of rotatable bonds is 6. The Bertz CT molecular complexity index is 444. The van der Waals surface area contributed by atoms with Crippen LogP contribution in [0.5, 0.6) is 5.75 Å². The maximum Gasteiger partial charge on any atom is 0.119 e. The Kier molecular flexibility index (Phi) is 5.80. The third-order valence-electron chi connectivity index (χ3n) is 3.67. The molecule has 110 valence electrons. The molecular weight excluding hydrogens is 268 g/mol. The van der Waals surface area contributed by atoms with Crippen LogP contribution in [-0.2, 0) is 0 Å². The Morgan fingerprint density at radius 1 is 1.35 bits per heavy atom. The first-order valence-corrected chi connectivity index (χ1v) is 7.89. The zero-order valence-electron chi connectivity index (χ0n) is 12.2. The lowest BCUT2D eigenvalue weighted by molar-refractivity contribution is 0.203. The largest absolute Gasteiger partial charge is 0.494 e. The Morgan fingerprint density at radius 3 is 2.75 bits per heavy atom. The number of hydrogen-bond acceptors (Lipinski definition) is 3. The summed E-state index contributed by atoms with van der Waals surface area (Å²) in [6.45, 7) is 4.99. The first kappa shape index (κ1) is 15.3. The van der Waals surface area contributed by atoms with Crippen LogP contribution in [0.2, 0.25) is 0 Å². The molecule has 1 unspecified atom stereocenters. The molecule has 1 aliphatic rings. The van der Waals surface area contributed by atoms with Gasteiger partial charge in [-0.15, -0.1) is 0 Å². The maximum atomic E-state index is 6.00. The first-order valence-electron chi connectivity index (χ1n) is 7.48. The van der Waals surface area contributed by atoms with Gasteiger partial charge >= 0.3 is 0 Å².